The van der Waals surface area contributed by atoms with Crippen LogP contribution in [-0.4, -0.2) is 37.5 Å². The highest BCUT2D eigenvalue weighted by Gasteiger charge is 2.09. The highest BCUT2D eigenvalue weighted by atomic mass is 35.5. The molecular weight excluding hydrogens is 122 g/mol. The molecule has 0 saturated heterocycles. The van der Waals surface area contributed by atoms with E-state index in [2.05, 4.69) is 21.1 Å². The summed E-state index contributed by atoms with van der Waals surface area (Å²) in [5, 5.41) is 0.287. The molecule has 1 unspecified atom stereocenters. The highest BCUT2D eigenvalue weighted by molar-refractivity contribution is 6.20. The number of halogens is 1. The van der Waals surface area contributed by atoms with Gasteiger partial charge in [0.2, 0.25) is 0 Å². The van der Waals surface area contributed by atoms with Gasteiger partial charge in [-0.2, -0.15) is 0 Å². The van der Waals surface area contributed by atoms with Gasteiger partial charge in [0.05, 0.1) is 33.1 Å². The fourth-order valence-corrected chi connectivity index (χ4v) is 1.17. The number of hydrogen-bond donors (Lipinski definition) is 0. The van der Waals surface area contributed by atoms with Crippen LogP contribution >= 0.6 is 11.6 Å². The Hall–Kier alpha value is 0.250. The van der Waals surface area contributed by atoms with Crippen LogP contribution in [-0.2, 0) is 0 Å². The molecule has 0 fully saturated rings. The summed E-state index contributed by atoms with van der Waals surface area (Å²) in [6.45, 7) is 3.05. The van der Waals surface area contributed by atoms with E-state index in [1.165, 1.54) is 0 Å². The van der Waals surface area contributed by atoms with E-state index in [0.717, 1.165) is 11.0 Å². The molecule has 0 amide bonds. The van der Waals surface area contributed by atoms with Gasteiger partial charge >= 0.3 is 0 Å². The maximum absolute atomic E-state index is 5.75. The summed E-state index contributed by atoms with van der Waals surface area (Å²) < 4.78 is 0.949. The van der Waals surface area contributed by atoms with Crippen molar-refractivity contribution in [2.24, 2.45) is 0 Å². The van der Waals surface area contributed by atoms with Crippen LogP contribution in [0.1, 0.15) is 6.92 Å². The standard InChI is InChI=1S/C6H15ClN/c1-6(7)5-8(2,3)4/h6H,5H2,1-4H3/q+1. The number of quaternary nitrogens is 1. The quantitative estimate of drug-likeness (QED) is 0.397. The minimum atomic E-state index is 0.287. The highest BCUT2D eigenvalue weighted by Crippen LogP contribution is 1.99. The first-order valence-electron chi connectivity index (χ1n) is 2.86. The zero-order valence-electron chi connectivity index (χ0n) is 6.11. The maximum atomic E-state index is 5.75. The Labute approximate surface area is 56.8 Å². The minimum absolute atomic E-state index is 0.287. The first-order valence-corrected chi connectivity index (χ1v) is 3.30. The lowest BCUT2D eigenvalue weighted by Crippen LogP contribution is -2.38. The normalized spacial score (nSPS) is 16.1. The fourth-order valence-electron chi connectivity index (χ4n) is 0.755. The van der Waals surface area contributed by atoms with Gasteiger partial charge in [0.1, 0.15) is 0 Å². The Bertz CT molecular complexity index is 63.4. The molecule has 0 rings (SSSR count). The Balaban J connectivity index is 3.39. The summed E-state index contributed by atoms with van der Waals surface area (Å²) in [6, 6.07) is 0. The molecule has 0 aromatic rings. The van der Waals surface area contributed by atoms with E-state index in [1.807, 2.05) is 6.92 Å². The van der Waals surface area contributed by atoms with Gasteiger partial charge in [-0.3, -0.25) is 0 Å². The van der Waals surface area contributed by atoms with Crippen LogP contribution < -0.4 is 0 Å². The Morgan fingerprint density at radius 1 is 1.38 bits per heavy atom. The van der Waals surface area contributed by atoms with Gasteiger partial charge in [-0.1, -0.05) is 0 Å². The summed E-state index contributed by atoms with van der Waals surface area (Å²) in [5.74, 6) is 0. The molecule has 0 aromatic heterocycles. The van der Waals surface area contributed by atoms with E-state index in [9.17, 15) is 0 Å². The van der Waals surface area contributed by atoms with Gasteiger partial charge in [0.25, 0.3) is 0 Å². The van der Waals surface area contributed by atoms with Crippen LogP contribution in [0.4, 0.5) is 0 Å². The van der Waals surface area contributed by atoms with Crippen molar-refractivity contribution in [3.63, 3.8) is 0 Å². The zero-order valence-corrected chi connectivity index (χ0v) is 6.87. The van der Waals surface area contributed by atoms with Gasteiger partial charge in [0, 0.05) is 0 Å². The maximum Gasteiger partial charge on any atom is 0.0944 e. The minimum Gasteiger partial charge on any atom is -0.330 e. The molecule has 0 aliphatic heterocycles. The smallest absolute Gasteiger partial charge is 0.0944 e. The first kappa shape index (κ1) is 8.25. The van der Waals surface area contributed by atoms with Crippen molar-refractivity contribution in [1.82, 2.24) is 0 Å². The second-order valence-electron chi connectivity index (χ2n) is 3.25. The molecule has 0 aromatic carbocycles. The van der Waals surface area contributed by atoms with Crippen molar-refractivity contribution >= 4 is 11.6 Å². The average Bonchev–Trinajstić information content (AvgIpc) is 1.21. The van der Waals surface area contributed by atoms with Crippen LogP contribution in [0.15, 0.2) is 0 Å². The average molecular weight is 137 g/mol. The van der Waals surface area contributed by atoms with Crippen LogP contribution in [0.3, 0.4) is 0 Å². The van der Waals surface area contributed by atoms with Crippen LogP contribution in [0, 0.1) is 0 Å². The van der Waals surface area contributed by atoms with Gasteiger partial charge in [-0.15, -0.1) is 11.6 Å². The molecule has 0 aliphatic rings. The van der Waals surface area contributed by atoms with E-state index < -0.39 is 0 Å². The van der Waals surface area contributed by atoms with Crippen LogP contribution in [0.5, 0.6) is 0 Å². The first-order chi connectivity index (χ1) is 3.42. The number of nitrogens with zero attached hydrogens (tertiary/aromatic N) is 1. The summed E-state index contributed by atoms with van der Waals surface area (Å²) in [7, 11) is 6.41. The van der Waals surface area contributed by atoms with Gasteiger partial charge in [-0.05, 0) is 6.92 Å². The predicted octanol–water partition coefficient (Wildman–Crippen LogP) is 1.32. The van der Waals surface area contributed by atoms with Gasteiger partial charge in [-0.25, -0.2) is 0 Å². The molecule has 0 aliphatic carbocycles. The SMILES string of the molecule is CC(Cl)C[N+](C)(C)C. The van der Waals surface area contributed by atoms with Crippen molar-refractivity contribution in [1.29, 1.82) is 0 Å². The van der Waals surface area contributed by atoms with Crippen molar-refractivity contribution in [3.05, 3.63) is 0 Å². The third kappa shape index (κ3) is 6.25. The second-order valence-corrected chi connectivity index (χ2v) is 4.00. The zero-order chi connectivity index (χ0) is 6.78. The largest absolute Gasteiger partial charge is 0.330 e. The van der Waals surface area contributed by atoms with E-state index in [4.69, 9.17) is 11.6 Å². The van der Waals surface area contributed by atoms with Crippen molar-refractivity contribution in [2.45, 2.75) is 12.3 Å². The van der Waals surface area contributed by atoms with E-state index in [1.54, 1.807) is 0 Å². The lowest BCUT2D eigenvalue weighted by Gasteiger charge is -2.24. The summed E-state index contributed by atoms with van der Waals surface area (Å²) >= 11 is 5.75. The second kappa shape index (κ2) is 2.70. The molecule has 0 radical (unpaired) electrons. The van der Waals surface area contributed by atoms with E-state index in [-0.39, 0.29) is 5.38 Å². The van der Waals surface area contributed by atoms with Crippen molar-refractivity contribution < 1.29 is 4.48 Å². The molecule has 0 spiro atoms. The monoisotopic (exact) mass is 136 g/mol. The Morgan fingerprint density at radius 3 is 1.75 bits per heavy atom. The number of hydrogen-bond acceptors (Lipinski definition) is 0. The fraction of sp³-hybridized carbons (Fsp3) is 1.00. The Kier molecular flexibility index (Phi) is 2.78. The molecule has 1 nitrogen and oxygen atoms in total. The van der Waals surface area contributed by atoms with Crippen molar-refractivity contribution in [3.8, 4) is 0 Å². The van der Waals surface area contributed by atoms with Crippen molar-refractivity contribution in [2.75, 3.05) is 27.7 Å². The topological polar surface area (TPSA) is 0 Å². The molecule has 2 heteroatoms. The summed E-state index contributed by atoms with van der Waals surface area (Å²) in [4.78, 5) is 0. The Morgan fingerprint density at radius 2 is 1.75 bits per heavy atom. The third-order valence-electron chi connectivity index (χ3n) is 0.799. The molecule has 0 heterocycles. The molecule has 0 bridgehead atoms. The predicted molar refractivity (Wildman–Crippen MR) is 38.2 cm³/mol. The van der Waals surface area contributed by atoms with Gasteiger partial charge < -0.3 is 4.48 Å². The van der Waals surface area contributed by atoms with Gasteiger partial charge in [0.15, 0.2) is 0 Å². The summed E-state index contributed by atoms with van der Waals surface area (Å²) in [6.07, 6.45) is 0. The number of rotatable bonds is 2. The molecule has 0 saturated carbocycles. The lowest BCUT2D eigenvalue weighted by molar-refractivity contribution is -0.869. The number of alkyl halides is 1. The lowest BCUT2D eigenvalue weighted by atomic mass is 10.4. The third-order valence-corrected chi connectivity index (χ3v) is 0.937. The van der Waals surface area contributed by atoms with E-state index in [0.29, 0.717) is 0 Å². The molecule has 8 heavy (non-hydrogen) atoms. The summed E-state index contributed by atoms with van der Waals surface area (Å²) in [5.41, 5.74) is 0. The molecular formula is C6H15ClN+. The van der Waals surface area contributed by atoms with Crippen LogP contribution in [0.2, 0.25) is 0 Å². The van der Waals surface area contributed by atoms with E-state index >= 15 is 0 Å². The molecule has 0 N–H and O–H groups in total. The molecule has 1 atom stereocenters. The molecule has 50 valence electrons. The van der Waals surface area contributed by atoms with Crippen LogP contribution in [0.25, 0.3) is 0 Å².